The molecule has 0 fully saturated rings. The van der Waals surface area contributed by atoms with E-state index in [9.17, 15) is 14.0 Å². The molecule has 3 aromatic carbocycles. The highest BCUT2D eigenvalue weighted by atomic mass is 79.9. The van der Waals surface area contributed by atoms with Gasteiger partial charge in [0.05, 0.1) is 28.2 Å². The van der Waals surface area contributed by atoms with Crippen LogP contribution in [-0.2, 0) is 11.2 Å². The minimum Gasteiger partial charge on any atom is -0.490 e. The zero-order valence-electron chi connectivity index (χ0n) is 20.8. The van der Waals surface area contributed by atoms with Gasteiger partial charge in [0.1, 0.15) is 11.6 Å². The Kier molecular flexibility index (Phi) is 9.52. The van der Waals surface area contributed by atoms with Crippen molar-refractivity contribution in [1.82, 2.24) is 9.66 Å². The highest BCUT2D eigenvalue weighted by Gasteiger charge is 2.19. The standard InChI is InChI=1S/C27H22Br3FN4O4/c1-3-22-34-20-10-5-16(28)12-19(20)27(37)35(22)32-13-15-11-21(38-4-2)26(25(30)24(15)29)39-14-23(36)33-18-8-6-17(31)7-9-18/h5-13H,3-4,14H2,1-2H3,(H,33,36). The second-order valence-electron chi connectivity index (χ2n) is 8.10. The van der Waals surface area contributed by atoms with Crippen molar-refractivity contribution in [2.75, 3.05) is 18.5 Å². The van der Waals surface area contributed by atoms with E-state index in [1.807, 2.05) is 19.9 Å². The summed E-state index contributed by atoms with van der Waals surface area (Å²) in [6, 6.07) is 12.4. The molecule has 0 spiro atoms. The number of nitrogens with one attached hydrogen (secondary N) is 1. The van der Waals surface area contributed by atoms with Gasteiger partial charge in [-0.15, -0.1) is 0 Å². The number of anilines is 1. The van der Waals surface area contributed by atoms with Gasteiger partial charge in [-0.25, -0.2) is 9.37 Å². The summed E-state index contributed by atoms with van der Waals surface area (Å²) in [5, 5.41) is 7.54. The number of hydrogen-bond acceptors (Lipinski definition) is 6. The molecule has 202 valence electrons. The average molecular weight is 725 g/mol. The second kappa shape index (κ2) is 12.8. The van der Waals surface area contributed by atoms with Gasteiger partial charge in [0.25, 0.3) is 11.5 Å². The van der Waals surface area contributed by atoms with Gasteiger partial charge in [-0.3, -0.25) is 9.59 Å². The number of carbonyl (C=O) groups is 1. The Balaban J connectivity index is 1.63. The van der Waals surface area contributed by atoms with E-state index in [4.69, 9.17) is 9.47 Å². The fourth-order valence-corrected chi connectivity index (χ4v) is 4.92. The van der Waals surface area contributed by atoms with Crippen molar-refractivity contribution in [1.29, 1.82) is 0 Å². The van der Waals surface area contributed by atoms with E-state index < -0.39 is 11.7 Å². The molecule has 0 saturated carbocycles. The summed E-state index contributed by atoms with van der Waals surface area (Å²) in [6.07, 6.45) is 2.02. The first-order valence-corrected chi connectivity index (χ1v) is 14.2. The minimum atomic E-state index is -0.431. The number of benzene rings is 3. The number of aryl methyl sites for hydroxylation is 1. The van der Waals surface area contributed by atoms with Crippen molar-refractivity contribution in [2.45, 2.75) is 20.3 Å². The molecule has 4 rings (SSSR count). The van der Waals surface area contributed by atoms with Crippen LogP contribution in [0, 0.1) is 5.82 Å². The van der Waals surface area contributed by atoms with Crippen LogP contribution in [0.15, 0.2) is 71.8 Å². The summed E-state index contributed by atoms with van der Waals surface area (Å²) < 4.78 is 27.8. The molecule has 12 heteroatoms. The highest BCUT2D eigenvalue weighted by Crippen LogP contribution is 2.42. The quantitative estimate of drug-likeness (QED) is 0.195. The summed E-state index contributed by atoms with van der Waals surface area (Å²) in [4.78, 5) is 30.2. The zero-order chi connectivity index (χ0) is 28.1. The van der Waals surface area contributed by atoms with Crippen LogP contribution in [0.3, 0.4) is 0 Å². The minimum absolute atomic E-state index is 0.290. The van der Waals surface area contributed by atoms with Crippen molar-refractivity contribution < 1.29 is 18.7 Å². The zero-order valence-corrected chi connectivity index (χ0v) is 25.6. The second-order valence-corrected chi connectivity index (χ2v) is 10.6. The Morgan fingerprint density at radius 1 is 1.08 bits per heavy atom. The Hall–Kier alpha value is -3.09. The van der Waals surface area contributed by atoms with Gasteiger partial charge in [0.2, 0.25) is 0 Å². The van der Waals surface area contributed by atoms with E-state index in [-0.39, 0.29) is 12.2 Å². The van der Waals surface area contributed by atoms with Crippen molar-refractivity contribution in [3.63, 3.8) is 0 Å². The molecule has 1 amide bonds. The van der Waals surface area contributed by atoms with Gasteiger partial charge >= 0.3 is 0 Å². The number of rotatable bonds is 9. The summed E-state index contributed by atoms with van der Waals surface area (Å²) in [7, 11) is 0. The van der Waals surface area contributed by atoms with Gasteiger partial charge < -0.3 is 14.8 Å². The monoisotopic (exact) mass is 722 g/mol. The van der Waals surface area contributed by atoms with Crippen LogP contribution in [0.5, 0.6) is 11.5 Å². The maximum absolute atomic E-state index is 13.2. The van der Waals surface area contributed by atoms with Crippen LogP contribution in [0.25, 0.3) is 10.9 Å². The number of amides is 1. The number of nitrogens with zero attached hydrogens (tertiary/aromatic N) is 3. The molecule has 1 aromatic heterocycles. The lowest BCUT2D eigenvalue weighted by atomic mass is 10.2. The van der Waals surface area contributed by atoms with Crippen LogP contribution < -0.4 is 20.3 Å². The molecule has 0 aliphatic carbocycles. The lowest BCUT2D eigenvalue weighted by Gasteiger charge is -2.16. The Morgan fingerprint density at radius 2 is 1.82 bits per heavy atom. The van der Waals surface area contributed by atoms with Crippen LogP contribution in [-0.4, -0.2) is 35.0 Å². The highest BCUT2D eigenvalue weighted by molar-refractivity contribution is 9.13. The molecule has 4 aromatic rings. The largest absolute Gasteiger partial charge is 0.490 e. The van der Waals surface area contributed by atoms with Gasteiger partial charge in [0.15, 0.2) is 18.1 Å². The van der Waals surface area contributed by atoms with Crippen molar-refractivity contribution >= 4 is 76.5 Å². The van der Waals surface area contributed by atoms with Crippen molar-refractivity contribution in [3.8, 4) is 11.5 Å². The molecule has 0 unspecified atom stereocenters. The number of fused-ring (bicyclic) bond motifs is 1. The van der Waals surface area contributed by atoms with Crippen LogP contribution in [0.4, 0.5) is 10.1 Å². The Labute approximate surface area is 248 Å². The molecule has 0 radical (unpaired) electrons. The van der Waals surface area contributed by atoms with Crippen LogP contribution in [0.2, 0.25) is 0 Å². The van der Waals surface area contributed by atoms with Gasteiger partial charge in [-0.2, -0.15) is 9.78 Å². The van der Waals surface area contributed by atoms with Crippen LogP contribution >= 0.6 is 47.8 Å². The van der Waals surface area contributed by atoms with E-state index in [0.29, 0.717) is 61.5 Å². The number of aromatic nitrogens is 2. The Morgan fingerprint density at radius 3 is 2.51 bits per heavy atom. The molecule has 1 heterocycles. The summed E-state index contributed by atoms with van der Waals surface area (Å²) in [5.74, 6) is 0.354. The van der Waals surface area contributed by atoms with Crippen LogP contribution in [0.1, 0.15) is 25.2 Å². The molecule has 0 aliphatic rings. The van der Waals surface area contributed by atoms with E-state index in [1.165, 1.54) is 35.2 Å². The number of halogens is 4. The smallest absolute Gasteiger partial charge is 0.282 e. The first-order chi connectivity index (χ1) is 18.7. The molecular weight excluding hydrogens is 703 g/mol. The summed E-state index contributed by atoms with van der Waals surface area (Å²) >= 11 is 10.5. The predicted octanol–water partition coefficient (Wildman–Crippen LogP) is 6.68. The van der Waals surface area contributed by atoms with E-state index in [2.05, 4.69) is 63.2 Å². The molecule has 0 saturated heterocycles. The third kappa shape index (κ3) is 6.74. The first-order valence-electron chi connectivity index (χ1n) is 11.8. The molecule has 1 N–H and O–H groups in total. The van der Waals surface area contributed by atoms with E-state index in [0.717, 1.165) is 4.47 Å². The molecule has 39 heavy (non-hydrogen) atoms. The van der Waals surface area contributed by atoms with Gasteiger partial charge in [-0.1, -0.05) is 22.9 Å². The molecule has 0 aliphatic heterocycles. The third-order valence-electron chi connectivity index (χ3n) is 5.44. The molecule has 8 nitrogen and oxygen atoms in total. The third-order valence-corrected chi connectivity index (χ3v) is 8.07. The van der Waals surface area contributed by atoms with Gasteiger partial charge in [-0.05, 0) is 87.3 Å². The normalized spacial score (nSPS) is 11.2. The lowest BCUT2D eigenvalue weighted by Crippen LogP contribution is -2.22. The fraction of sp³-hybridized carbons (Fsp3) is 0.185. The Bertz CT molecular complexity index is 1620. The average Bonchev–Trinajstić information content (AvgIpc) is 2.92. The maximum atomic E-state index is 13.2. The number of hydrogen-bond donors (Lipinski definition) is 1. The summed E-state index contributed by atoms with van der Waals surface area (Å²) in [5.41, 5.74) is 1.34. The maximum Gasteiger partial charge on any atom is 0.282 e. The molecular formula is C27H22Br3FN4O4. The molecule has 0 atom stereocenters. The van der Waals surface area contributed by atoms with Gasteiger partial charge in [0, 0.05) is 26.6 Å². The van der Waals surface area contributed by atoms with Crippen molar-refractivity contribution in [3.05, 3.63) is 89.5 Å². The fourth-order valence-electron chi connectivity index (χ4n) is 3.63. The summed E-state index contributed by atoms with van der Waals surface area (Å²) in [6.45, 7) is 3.74. The SMILES string of the molecule is CCOc1cc(C=Nn2c(CC)nc3ccc(Br)cc3c2=O)c(Br)c(Br)c1OCC(=O)Nc1ccc(F)cc1. The predicted molar refractivity (Wildman–Crippen MR) is 160 cm³/mol. The molecule has 0 bridgehead atoms. The first kappa shape index (κ1) is 28.9. The van der Waals surface area contributed by atoms with Crippen molar-refractivity contribution in [2.24, 2.45) is 5.10 Å². The number of carbonyl (C=O) groups excluding carboxylic acids is 1. The lowest BCUT2D eigenvalue weighted by molar-refractivity contribution is -0.118. The topological polar surface area (TPSA) is 94.8 Å². The number of ether oxygens (including phenoxy) is 2. The van der Waals surface area contributed by atoms with E-state index >= 15 is 0 Å². The van der Waals surface area contributed by atoms with E-state index in [1.54, 1.807) is 18.2 Å².